The highest BCUT2D eigenvalue weighted by atomic mass is 32.1. The molecule has 7 nitrogen and oxygen atoms in total. The van der Waals surface area contributed by atoms with Gasteiger partial charge in [0.15, 0.2) is 5.92 Å². The van der Waals surface area contributed by atoms with Crippen LogP contribution in [0.1, 0.15) is 10.9 Å². The lowest BCUT2D eigenvalue weighted by atomic mass is 9.87. The first-order chi connectivity index (χ1) is 9.60. The molecule has 1 fully saturated rings. The quantitative estimate of drug-likeness (QED) is 0.348. The molecule has 1 saturated heterocycles. The topological polar surface area (TPSA) is 85.8 Å². The minimum absolute atomic E-state index is 0.421. The van der Waals surface area contributed by atoms with Crippen LogP contribution in [0.5, 0.6) is 0 Å². The van der Waals surface area contributed by atoms with Crippen LogP contribution in [0.3, 0.4) is 0 Å². The van der Waals surface area contributed by atoms with E-state index < -0.39 is 29.8 Å². The first kappa shape index (κ1) is 14.2. The van der Waals surface area contributed by atoms with Crippen LogP contribution in [0.2, 0.25) is 0 Å². The van der Waals surface area contributed by atoms with Crippen molar-refractivity contribution in [1.82, 2.24) is 9.88 Å². The van der Waals surface area contributed by atoms with Gasteiger partial charge in [-0.05, 0) is 0 Å². The first-order valence-corrected chi connectivity index (χ1v) is 6.52. The van der Waals surface area contributed by atoms with E-state index in [4.69, 9.17) is 0 Å². The van der Waals surface area contributed by atoms with Gasteiger partial charge in [0.05, 0.1) is 25.8 Å². The molecule has 0 spiro atoms. The Morgan fingerprint density at radius 3 is 2.70 bits per heavy atom. The summed E-state index contributed by atoms with van der Waals surface area (Å²) in [6.07, 6.45) is 4.01. The Morgan fingerprint density at radius 2 is 2.15 bits per heavy atom. The van der Waals surface area contributed by atoms with Crippen molar-refractivity contribution in [2.45, 2.75) is 6.04 Å². The van der Waals surface area contributed by atoms with E-state index in [0.717, 1.165) is 11.0 Å². The number of nitrogens with zero attached hydrogens (tertiary/aromatic N) is 2. The van der Waals surface area contributed by atoms with Gasteiger partial charge in [-0.1, -0.05) is 0 Å². The number of thiazole rings is 1. The molecule has 1 aliphatic heterocycles. The molecule has 0 aliphatic carbocycles. The zero-order chi connectivity index (χ0) is 14.7. The number of carbonyl (C=O) groups is 3. The average molecular weight is 296 g/mol. The highest BCUT2D eigenvalue weighted by Crippen LogP contribution is 2.42. The molecular weight excluding hydrogens is 284 g/mol. The Hall–Kier alpha value is -2.22. The molecule has 1 aromatic heterocycles. The van der Waals surface area contributed by atoms with Crippen LogP contribution in [0.4, 0.5) is 0 Å². The number of likely N-dealkylation sites (tertiary alicyclic amines) is 1. The molecule has 2 rings (SSSR count). The molecule has 0 saturated carbocycles. The van der Waals surface area contributed by atoms with Crippen LogP contribution < -0.4 is 0 Å². The maximum absolute atomic E-state index is 12.0. The molecule has 1 aliphatic rings. The summed E-state index contributed by atoms with van der Waals surface area (Å²) in [6.45, 7) is 0. The zero-order valence-corrected chi connectivity index (χ0v) is 11.6. The second-order valence-electron chi connectivity index (χ2n) is 3.93. The number of hydrogen-bond donors (Lipinski definition) is 0. The second kappa shape index (κ2) is 5.83. The van der Waals surface area contributed by atoms with Crippen molar-refractivity contribution >= 4 is 29.2 Å². The van der Waals surface area contributed by atoms with Crippen LogP contribution in [0.15, 0.2) is 24.0 Å². The molecule has 8 heteroatoms. The average Bonchev–Trinajstić information content (AvgIpc) is 2.97. The summed E-state index contributed by atoms with van der Waals surface area (Å²) in [7, 11) is 2.47. The van der Waals surface area contributed by atoms with Crippen molar-refractivity contribution in [2.24, 2.45) is 5.92 Å². The molecule has 0 aromatic carbocycles. The van der Waals surface area contributed by atoms with Gasteiger partial charge in [-0.25, -0.2) is 4.79 Å². The van der Waals surface area contributed by atoms with Crippen molar-refractivity contribution in [1.29, 1.82) is 0 Å². The van der Waals surface area contributed by atoms with Crippen LogP contribution in [0.25, 0.3) is 0 Å². The predicted octanol–water partition coefficient (Wildman–Crippen LogP) is 0.502. The molecule has 106 valence electrons. The third-order valence-corrected chi connectivity index (χ3v) is 3.75. The third-order valence-electron chi connectivity index (χ3n) is 2.91. The van der Waals surface area contributed by atoms with E-state index in [1.165, 1.54) is 36.7 Å². The van der Waals surface area contributed by atoms with Crippen molar-refractivity contribution in [3.63, 3.8) is 0 Å². The maximum Gasteiger partial charge on any atom is 0.331 e. The number of amides is 1. The summed E-state index contributed by atoms with van der Waals surface area (Å²) < 4.78 is 9.09. The van der Waals surface area contributed by atoms with Crippen LogP contribution in [0, 0.1) is 5.92 Å². The van der Waals surface area contributed by atoms with Crippen molar-refractivity contribution in [2.75, 3.05) is 14.2 Å². The van der Waals surface area contributed by atoms with Crippen molar-refractivity contribution in [3.05, 3.63) is 28.9 Å². The van der Waals surface area contributed by atoms with Crippen LogP contribution in [-0.2, 0) is 23.9 Å². The Labute approximate surface area is 118 Å². The summed E-state index contributed by atoms with van der Waals surface area (Å²) in [5.41, 5.74) is 1.61. The van der Waals surface area contributed by atoms with Crippen LogP contribution >= 0.6 is 11.3 Å². The minimum Gasteiger partial charge on any atom is -0.468 e. The van der Waals surface area contributed by atoms with Crippen molar-refractivity contribution < 1.29 is 23.9 Å². The molecule has 1 amide bonds. The summed E-state index contributed by atoms with van der Waals surface area (Å²) in [6, 6.07) is -0.497. The van der Waals surface area contributed by atoms with Crippen molar-refractivity contribution in [3.8, 4) is 0 Å². The molecular formula is C12H12N2O5S. The van der Waals surface area contributed by atoms with E-state index in [1.54, 1.807) is 11.7 Å². The number of methoxy groups -OCH3 is 2. The Bertz CT molecular complexity index is 554. The molecule has 0 radical (unpaired) electrons. The Morgan fingerprint density at radius 1 is 1.40 bits per heavy atom. The van der Waals surface area contributed by atoms with Gasteiger partial charge in [-0.15, -0.1) is 11.3 Å². The fourth-order valence-corrected chi connectivity index (χ4v) is 2.67. The monoisotopic (exact) mass is 296 g/mol. The highest BCUT2D eigenvalue weighted by molar-refractivity contribution is 7.09. The molecule has 0 bridgehead atoms. The van der Waals surface area contributed by atoms with E-state index in [9.17, 15) is 14.4 Å². The zero-order valence-electron chi connectivity index (χ0n) is 10.8. The fraction of sp³-hybridized carbons (Fsp3) is 0.333. The Balaban J connectivity index is 2.24. The number of ether oxygens (including phenoxy) is 2. The van der Waals surface area contributed by atoms with Gasteiger partial charge < -0.3 is 14.4 Å². The third kappa shape index (κ3) is 2.42. The van der Waals surface area contributed by atoms with Gasteiger partial charge in [0.1, 0.15) is 0 Å². The first-order valence-electron chi connectivity index (χ1n) is 5.64. The second-order valence-corrected chi connectivity index (χ2v) is 4.85. The SMILES string of the molecule is COC(=O)/C=C/N1C(=O)[C@H](C(=O)OC)[C@H]1c1cncs1. The van der Waals surface area contributed by atoms with E-state index in [0.29, 0.717) is 0 Å². The predicted molar refractivity (Wildman–Crippen MR) is 68.4 cm³/mol. The van der Waals surface area contributed by atoms with Gasteiger partial charge in [-0.3, -0.25) is 14.6 Å². The molecule has 0 unspecified atom stereocenters. The lowest BCUT2D eigenvalue weighted by molar-refractivity contribution is -0.168. The molecule has 20 heavy (non-hydrogen) atoms. The Kier molecular flexibility index (Phi) is 4.14. The minimum atomic E-state index is -0.900. The summed E-state index contributed by atoms with van der Waals surface area (Å²) in [4.78, 5) is 40.7. The standard InChI is InChI=1S/C12H12N2O5S/c1-18-8(15)3-4-14-10(7-5-13-6-20-7)9(11(14)16)12(17)19-2/h3-6,9-10H,1-2H3/b4-3+/t9-,10-/m1/s1. The lowest BCUT2D eigenvalue weighted by Crippen LogP contribution is -2.55. The smallest absolute Gasteiger partial charge is 0.331 e. The van der Waals surface area contributed by atoms with Gasteiger partial charge in [-0.2, -0.15) is 0 Å². The van der Waals surface area contributed by atoms with Gasteiger partial charge >= 0.3 is 11.9 Å². The molecule has 2 atom stereocenters. The number of esters is 2. The largest absolute Gasteiger partial charge is 0.468 e. The van der Waals surface area contributed by atoms with E-state index in [2.05, 4.69) is 14.5 Å². The number of carbonyl (C=O) groups excluding carboxylic acids is 3. The maximum atomic E-state index is 12.0. The fourth-order valence-electron chi connectivity index (χ4n) is 1.92. The van der Waals surface area contributed by atoms with Gasteiger partial charge in [0, 0.05) is 23.3 Å². The number of hydrogen-bond acceptors (Lipinski definition) is 7. The van der Waals surface area contributed by atoms with Crippen LogP contribution in [-0.4, -0.2) is 41.9 Å². The number of rotatable bonds is 4. The van der Waals surface area contributed by atoms with Gasteiger partial charge in [0.25, 0.3) is 0 Å². The number of aromatic nitrogens is 1. The van der Waals surface area contributed by atoms with E-state index in [-0.39, 0.29) is 0 Å². The van der Waals surface area contributed by atoms with E-state index in [1.807, 2.05) is 0 Å². The number of β-lactam (4-membered cyclic amide) rings is 1. The molecule has 0 N–H and O–H groups in total. The molecule has 2 heterocycles. The summed E-state index contributed by atoms with van der Waals surface area (Å²) >= 11 is 1.32. The lowest BCUT2D eigenvalue weighted by Gasteiger charge is -2.42. The van der Waals surface area contributed by atoms with Gasteiger partial charge in [0.2, 0.25) is 5.91 Å². The highest BCUT2D eigenvalue weighted by Gasteiger charge is 2.53. The summed E-state index contributed by atoms with van der Waals surface area (Å²) in [5.74, 6) is -2.50. The van der Waals surface area contributed by atoms with E-state index >= 15 is 0 Å². The normalized spacial score (nSPS) is 21.7. The molecule has 1 aromatic rings. The summed E-state index contributed by atoms with van der Waals surface area (Å²) in [5, 5.41) is 0.